The van der Waals surface area contributed by atoms with Crippen LogP contribution in [0.4, 0.5) is 5.69 Å². The fraction of sp³-hybridized carbons (Fsp3) is 0.174. The molecule has 3 aromatic rings. The van der Waals surface area contributed by atoms with Crippen LogP contribution in [0.5, 0.6) is 23.0 Å². The van der Waals surface area contributed by atoms with Gasteiger partial charge in [-0.2, -0.15) is 5.10 Å². The van der Waals surface area contributed by atoms with Crippen molar-refractivity contribution in [2.75, 3.05) is 26.8 Å². The van der Waals surface area contributed by atoms with Gasteiger partial charge in [-0.05, 0) is 42.0 Å². The number of hydrogen-bond donors (Lipinski definition) is 1. The third-order valence-electron chi connectivity index (χ3n) is 4.21. The molecule has 0 saturated carbocycles. The Morgan fingerprint density at radius 3 is 2.07 bits per heavy atom. The lowest BCUT2D eigenvalue weighted by molar-refractivity contribution is 0.266. The standard InChI is InChI=1S/C23H24N2O4/c1-26-20-11-9-19(10-12-20)25-24-15-18-13-21(27-2)23(22(14-18)28-3)29-16-17-7-5-4-6-8-17/h4-15,25H,16H2,1-3H3/b24-15+. The molecule has 1 N–H and O–H groups in total. The van der Waals surface area contributed by atoms with Crippen molar-refractivity contribution in [2.24, 2.45) is 5.10 Å². The van der Waals surface area contributed by atoms with Crippen molar-refractivity contribution < 1.29 is 18.9 Å². The Balaban J connectivity index is 1.73. The molecule has 0 unspecified atom stereocenters. The Labute approximate surface area is 170 Å². The summed E-state index contributed by atoms with van der Waals surface area (Å²) in [5.41, 5.74) is 5.71. The predicted octanol–water partition coefficient (Wildman–Crippen LogP) is 4.74. The van der Waals surface area contributed by atoms with Gasteiger partial charge >= 0.3 is 0 Å². The van der Waals surface area contributed by atoms with E-state index in [0.717, 1.165) is 22.6 Å². The number of hydrogen-bond acceptors (Lipinski definition) is 6. The third kappa shape index (κ3) is 5.42. The van der Waals surface area contributed by atoms with E-state index in [-0.39, 0.29) is 0 Å². The molecule has 0 aliphatic rings. The molecule has 0 bridgehead atoms. The molecule has 0 aromatic heterocycles. The second-order valence-corrected chi connectivity index (χ2v) is 6.13. The average molecular weight is 392 g/mol. The summed E-state index contributed by atoms with van der Waals surface area (Å²) < 4.78 is 22.1. The second-order valence-electron chi connectivity index (χ2n) is 6.13. The van der Waals surface area contributed by atoms with Crippen molar-refractivity contribution in [3.63, 3.8) is 0 Å². The van der Waals surface area contributed by atoms with Gasteiger partial charge in [0.2, 0.25) is 5.75 Å². The van der Waals surface area contributed by atoms with Crippen LogP contribution < -0.4 is 24.4 Å². The fourth-order valence-electron chi connectivity index (χ4n) is 2.69. The zero-order valence-corrected chi connectivity index (χ0v) is 16.7. The molecule has 0 amide bonds. The van der Waals surface area contributed by atoms with Crippen molar-refractivity contribution in [3.05, 3.63) is 77.9 Å². The van der Waals surface area contributed by atoms with E-state index in [1.807, 2.05) is 66.7 Å². The highest BCUT2D eigenvalue weighted by molar-refractivity contribution is 5.83. The molecule has 3 aromatic carbocycles. The zero-order chi connectivity index (χ0) is 20.5. The van der Waals surface area contributed by atoms with Crippen LogP contribution >= 0.6 is 0 Å². The number of rotatable bonds is 9. The molecule has 0 aliphatic heterocycles. The van der Waals surface area contributed by atoms with Crippen molar-refractivity contribution in [3.8, 4) is 23.0 Å². The van der Waals surface area contributed by atoms with Gasteiger partial charge in [0.05, 0.1) is 33.2 Å². The molecule has 0 fully saturated rings. The first kappa shape index (κ1) is 20.1. The average Bonchev–Trinajstić information content (AvgIpc) is 2.78. The highest BCUT2D eigenvalue weighted by Crippen LogP contribution is 2.38. The van der Waals surface area contributed by atoms with Gasteiger partial charge in [0.1, 0.15) is 12.4 Å². The summed E-state index contributed by atoms with van der Waals surface area (Å²) in [6.45, 7) is 0.417. The minimum atomic E-state index is 0.417. The highest BCUT2D eigenvalue weighted by atomic mass is 16.5. The lowest BCUT2D eigenvalue weighted by atomic mass is 10.2. The van der Waals surface area contributed by atoms with Gasteiger partial charge in [-0.15, -0.1) is 0 Å². The van der Waals surface area contributed by atoms with E-state index in [4.69, 9.17) is 18.9 Å². The summed E-state index contributed by atoms with van der Waals surface area (Å²) in [4.78, 5) is 0. The second kappa shape index (κ2) is 10.0. The minimum absolute atomic E-state index is 0.417. The summed E-state index contributed by atoms with van der Waals surface area (Å²) in [6.07, 6.45) is 1.69. The molecular weight excluding hydrogens is 368 g/mol. The van der Waals surface area contributed by atoms with E-state index in [0.29, 0.717) is 23.9 Å². The van der Waals surface area contributed by atoms with Crippen molar-refractivity contribution >= 4 is 11.9 Å². The van der Waals surface area contributed by atoms with Crippen molar-refractivity contribution in [1.82, 2.24) is 0 Å². The Morgan fingerprint density at radius 2 is 1.48 bits per heavy atom. The summed E-state index contributed by atoms with van der Waals surface area (Å²) in [5, 5.41) is 4.27. The van der Waals surface area contributed by atoms with Gasteiger partial charge in [-0.25, -0.2) is 0 Å². The smallest absolute Gasteiger partial charge is 0.203 e. The SMILES string of the molecule is COc1ccc(N/N=C/c2cc(OC)c(OCc3ccccc3)c(OC)c2)cc1. The van der Waals surface area contributed by atoms with Crippen LogP contribution in [0.3, 0.4) is 0 Å². The zero-order valence-electron chi connectivity index (χ0n) is 16.7. The van der Waals surface area contributed by atoms with E-state index in [2.05, 4.69) is 10.5 Å². The Morgan fingerprint density at radius 1 is 0.828 bits per heavy atom. The first-order valence-corrected chi connectivity index (χ1v) is 9.09. The van der Waals surface area contributed by atoms with Crippen LogP contribution in [0, 0.1) is 0 Å². The molecule has 150 valence electrons. The van der Waals surface area contributed by atoms with Crippen molar-refractivity contribution in [1.29, 1.82) is 0 Å². The van der Waals surface area contributed by atoms with Gasteiger partial charge in [0.25, 0.3) is 0 Å². The van der Waals surface area contributed by atoms with E-state index in [1.54, 1.807) is 27.5 Å². The van der Waals surface area contributed by atoms with Gasteiger partial charge in [-0.1, -0.05) is 30.3 Å². The molecule has 0 aliphatic carbocycles. The summed E-state index contributed by atoms with van der Waals surface area (Å²) in [6, 6.07) is 21.1. The first-order valence-electron chi connectivity index (χ1n) is 9.09. The lowest BCUT2D eigenvalue weighted by Crippen LogP contribution is -2.01. The quantitative estimate of drug-likeness (QED) is 0.421. The largest absolute Gasteiger partial charge is 0.497 e. The van der Waals surface area contributed by atoms with Gasteiger partial charge < -0.3 is 18.9 Å². The lowest BCUT2D eigenvalue weighted by Gasteiger charge is -2.15. The number of methoxy groups -OCH3 is 3. The molecule has 0 saturated heterocycles. The maximum atomic E-state index is 5.96. The normalized spacial score (nSPS) is 10.6. The third-order valence-corrected chi connectivity index (χ3v) is 4.21. The number of nitrogens with one attached hydrogen (secondary N) is 1. The maximum absolute atomic E-state index is 5.96. The van der Waals surface area contributed by atoms with Gasteiger partial charge in [0, 0.05) is 5.56 Å². The number of nitrogens with zero attached hydrogens (tertiary/aromatic N) is 1. The fourth-order valence-corrected chi connectivity index (χ4v) is 2.69. The van der Waals surface area contributed by atoms with E-state index in [9.17, 15) is 0 Å². The molecule has 0 heterocycles. The van der Waals surface area contributed by atoms with Crippen LogP contribution in [-0.4, -0.2) is 27.5 Å². The molecule has 29 heavy (non-hydrogen) atoms. The molecule has 0 atom stereocenters. The molecule has 0 radical (unpaired) electrons. The van der Waals surface area contributed by atoms with Crippen LogP contribution in [0.1, 0.15) is 11.1 Å². The maximum Gasteiger partial charge on any atom is 0.203 e. The molecule has 0 spiro atoms. The van der Waals surface area contributed by atoms with Crippen LogP contribution in [-0.2, 0) is 6.61 Å². The number of benzene rings is 3. The van der Waals surface area contributed by atoms with E-state index in [1.165, 1.54) is 0 Å². The molecule has 3 rings (SSSR count). The van der Waals surface area contributed by atoms with Crippen LogP contribution in [0.2, 0.25) is 0 Å². The Hall–Kier alpha value is -3.67. The Bertz CT molecular complexity index is 916. The van der Waals surface area contributed by atoms with Gasteiger partial charge in [-0.3, -0.25) is 5.43 Å². The van der Waals surface area contributed by atoms with Crippen LogP contribution in [0.25, 0.3) is 0 Å². The topological polar surface area (TPSA) is 61.3 Å². The summed E-state index contributed by atoms with van der Waals surface area (Å²) >= 11 is 0. The predicted molar refractivity (Wildman–Crippen MR) is 115 cm³/mol. The summed E-state index contributed by atoms with van der Waals surface area (Å²) in [7, 11) is 4.83. The Kier molecular flexibility index (Phi) is 6.95. The van der Waals surface area contributed by atoms with Crippen LogP contribution in [0.15, 0.2) is 71.8 Å². The van der Waals surface area contributed by atoms with E-state index < -0.39 is 0 Å². The summed E-state index contributed by atoms with van der Waals surface area (Å²) in [5.74, 6) is 2.50. The van der Waals surface area contributed by atoms with E-state index >= 15 is 0 Å². The monoisotopic (exact) mass is 392 g/mol. The number of anilines is 1. The molecule has 6 heteroatoms. The van der Waals surface area contributed by atoms with Gasteiger partial charge in [0.15, 0.2) is 11.5 Å². The number of ether oxygens (including phenoxy) is 4. The first-order chi connectivity index (χ1) is 14.2. The molecular formula is C23H24N2O4. The minimum Gasteiger partial charge on any atom is -0.497 e. The number of hydrazone groups is 1. The highest BCUT2D eigenvalue weighted by Gasteiger charge is 2.14. The van der Waals surface area contributed by atoms with Crippen molar-refractivity contribution in [2.45, 2.75) is 6.61 Å². The molecule has 6 nitrogen and oxygen atoms in total.